The number of anilines is 1. The van der Waals surface area contributed by atoms with Gasteiger partial charge in [0.1, 0.15) is 12.1 Å². The Morgan fingerprint density at radius 1 is 0.967 bits per heavy atom. The Balaban J connectivity index is 1.74. The molecule has 146 valence electrons. The number of benzene rings is 2. The normalized spacial score (nSPS) is 12.8. The summed E-state index contributed by atoms with van der Waals surface area (Å²) < 4.78 is 2.43. The van der Waals surface area contributed by atoms with Crippen LogP contribution in [-0.2, 0) is 0 Å². The topological polar surface area (TPSA) is 129 Å². The average Bonchev–Trinajstić information content (AvgIpc) is 3.28. The molecule has 0 aliphatic carbocycles. The number of imidazole rings is 1. The first-order valence-electron chi connectivity index (χ1n) is 8.95. The zero-order valence-corrected chi connectivity index (χ0v) is 15.3. The van der Waals surface area contributed by atoms with Crippen LogP contribution in [0, 0.1) is 0 Å². The summed E-state index contributed by atoms with van der Waals surface area (Å²) in [6.07, 6.45) is 1.41. The van der Waals surface area contributed by atoms with E-state index < -0.39 is 23.3 Å². The number of carbonyl (C=O) groups is 3. The first-order valence-corrected chi connectivity index (χ1v) is 8.95. The summed E-state index contributed by atoms with van der Waals surface area (Å²) in [6.45, 7) is 0. The molecule has 3 heterocycles. The quantitative estimate of drug-likeness (QED) is 0.490. The zero-order chi connectivity index (χ0) is 21.0. The third-order valence-electron chi connectivity index (χ3n) is 5.00. The number of rotatable bonds is 2. The molecule has 9 nitrogen and oxygen atoms in total. The lowest BCUT2D eigenvalue weighted by Crippen LogP contribution is -2.26. The molecule has 1 aliphatic heterocycles. The summed E-state index contributed by atoms with van der Waals surface area (Å²) in [4.78, 5) is 54.4. The molecular weight excluding hydrogens is 386 g/mol. The molecule has 0 radical (unpaired) electrons. The fourth-order valence-corrected chi connectivity index (χ4v) is 3.63. The van der Waals surface area contributed by atoms with E-state index in [0.29, 0.717) is 11.0 Å². The third kappa shape index (κ3) is 2.39. The van der Waals surface area contributed by atoms with Crippen LogP contribution in [0.25, 0.3) is 16.7 Å². The number of nitrogen functional groups attached to an aromatic ring is 1. The summed E-state index contributed by atoms with van der Waals surface area (Å²) >= 11 is 0. The maximum atomic E-state index is 13.3. The summed E-state index contributed by atoms with van der Waals surface area (Å²) in [7, 11) is 0. The standard InChI is InChI=1S/C21H13N5O4/c22-18-17-12(19(28)24-20(17)29)9-16(27)26(18)14-7-3-1-5-11(14)21(30)25-10-23-13-6-2-4-8-15(13)25/h1-10H,22H2,(H,24,28,29). The van der Waals surface area contributed by atoms with Gasteiger partial charge in [-0.15, -0.1) is 0 Å². The van der Waals surface area contributed by atoms with Crippen LogP contribution < -0.4 is 16.6 Å². The van der Waals surface area contributed by atoms with Crippen molar-refractivity contribution in [2.75, 3.05) is 5.73 Å². The van der Waals surface area contributed by atoms with Crippen molar-refractivity contribution in [3.63, 3.8) is 0 Å². The van der Waals surface area contributed by atoms with Gasteiger partial charge >= 0.3 is 0 Å². The Morgan fingerprint density at radius 3 is 2.53 bits per heavy atom. The molecule has 2 aromatic carbocycles. The van der Waals surface area contributed by atoms with Crippen LogP contribution in [0.5, 0.6) is 0 Å². The second-order valence-corrected chi connectivity index (χ2v) is 6.70. The first-order chi connectivity index (χ1) is 14.5. The van der Waals surface area contributed by atoms with Gasteiger partial charge in [0.05, 0.1) is 33.4 Å². The minimum absolute atomic E-state index is 0.0804. The van der Waals surface area contributed by atoms with Gasteiger partial charge < -0.3 is 5.73 Å². The number of hydrogen-bond donors (Lipinski definition) is 2. The number of nitrogens with zero attached hydrogens (tertiary/aromatic N) is 3. The monoisotopic (exact) mass is 399 g/mol. The van der Waals surface area contributed by atoms with E-state index in [0.717, 1.165) is 10.6 Å². The number of fused-ring (bicyclic) bond motifs is 2. The Morgan fingerprint density at radius 2 is 1.70 bits per heavy atom. The summed E-state index contributed by atoms with van der Waals surface area (Å²) in [5.74, 6) is -2.01. The van der Waals surface area contributed by atoms with Crippen molar-refractivity contribution in [3.8, 4) is 5.69 Å². The maximum absolute atomic E-state index is 13.3. The van der Waals surface area contributed by atoms with Crippen LogP contribution in [0.15, 0.2) is 65.7 Å². The van der Waals surface area contributed by atoms with Gasteiger partial charge in [-0.05, 0) is 24.3 Å². The molecule has 30 heavy (non-hydrogen) atoms. The van der Waals surface area contributed by atoms with Gasteiger partial charge in [-0.3, -0.25) is 33.6 Å². The lowest BCUT2D eigenvalue weighted by Gasteiger charge is -2.15. The Kier molecular flexibility index (Phi) is 3.65. The van der Waals surface area contributed by atoms with Crippen molar-refractivity contribution in [2.24, 2.45) is 0 Å². The highest BCUT2D eigenvalue weighted by Crippen LogP contribution is 2.25. The minimum Gasteiger partial charge on any atom is -0.384 e. The van der Waals surface area contributed by atoms with Gasteiger partial charge in [-0.2, -0.15) is 0 Å². The van der Waals surface area contributed by atoms with Crippen LogP contribution >= 0.6 is 0 Å². The number of para-hydroxylation sites is 3. The maximum Gasteiger partial charge on any atom is 0.265 e. The molecule has 0 atom stereocenters. The van der Waals surface area contributed by atoms with Gasteiger partial charge in [0, 0.05) is 6.07 Å². The number of nitrogens with one attached hydrogen (secondary N) is 1. The highest BCUT2D eigenvalue weighted by molar-refractivity contribution is 6.23. The second-order valence-electron chi connectivity index (χ2n) is 6.70. The second kappa shape index (κ2) is 6.24. The summed E-state index contributed by atoms with van der Waals surface area (Å²) in [5.41, 5.74) is 6.94. The van der Waals surface area contributed by atoms with E-state index in [4.69, 9.17) is 5.73 Å². The molecule has 0 bridgehead atoms. The SMILES string of the molecule is Nc1c2c(cc(=O)n1-c1ccccc1C(=O)n1cnc3ccccc31)C(=O)NC2=O. The Hall–Kier alpha value is -4.53. The first kappa shape index (κ1) is 17.6. The van der Waals surface area contributed by atoms with E-state index in [1.54, 1.807) is 42.5 Å². The lowest BCUT2D eigenvalue weighted by atomic mass is 10.1. The molecule has 9 heteroatoms. The molecule has 0 saturated heterocycles. The van der Waals surface area contributed by atoms with Crippen molar-refractivity contribution < 1.29 is 14.4 Å². The van der Waals surface area contributed by atoms with Crippen molar-refractivity contribution in [2.45, 2.75) is 0 Å². The lowest BCUT2D eigenvalue weighted by molar-refractivity contribution is 0.0878. The Bertz CT molecular complexity index is 1460. The average molecular weight is 399 g/mol. The zero-order valence-electron chi connectivity index (χ0n) is 15.3. The summed E-state index contributed by atoms with van der Waals surface area (Å²) in [5, 5.41) is 2.12. The van der Waals surface area contributed by atoms with Gasteiger partial charge in [-0.25, -0.2) is 4.98 Å². The number of pyridine rings is 1. The van der Waals surface area contributed by atoms with Gasteiger partial charge in [0.2, 0.25) is 0 Å². The molecule has 4 aromatic rings. The van der Waals surface area contributed by atoms with E-state index >= 15 is 0 Å². The van der Waals surface area contributed by atoms with Crippen molar-refractivity contribution >= 4 is 34.6 Å². The molecule has 2 amide bonds. The van der Waals surface area contributed by atoms with Gasteiger partial charge in [0.15, 0.2) is 0 Å². The van der Waals surface area contributed by atoms with Crippen LogP contribution in [0.2, 0.25) is 0 Å². The number of imide groups is 1. The molecule has 3 N–H and O–H groups in total. The van der Waals surface area contributed by atoms with E-state index in [-0.39, 0.29) is 28.2 Å². The minimum atomic E-state index is -0.689. The molecule has 0 fully saturated rings. The highest BCUT2D eigenvalue weighted by Gasteiger charge is 2.32. The predicted octanol–water partition coefficient (Wildman–Crippen LogP) is 1.34. The fourth-order valence-electron chi connectivity index (χ4n) is 3.63. The third-order valence-corrected chi connectivity index (χ3v) is 5.00. The fraction of sp³-hybridized carbons (Fsp3) is 0. The van der Waals surface area contributed by atoms with Crippen LogP contribution in [0.4, 0.5) is 5.82 Å². The molecule has 0 spiro atoms. The number of nitrogens with two attached hydrogens (primary N) is 1. The Labute approximate surface area is 168 Å². The number of carbonyl (C=O) groups excluding carboxylic acids is 3. The number of aromatic nitrogens is 3. The van der Waals surface area contributed by atoms with Gasteiger partial charge in [0.25, 0.3) is 23.3 Å². The molecule has 1 aliphatic rings. The van der Waals surface area contributed by atoms with Crippen LogP contribution in [-0.4, -0.2) is 31.8 Å². The van der Waals surface area contributed by atoms with E-state index in [2.05, 4.69) is 10.3 Å². The van der Waals surface area contributed by atoms with E-state index in [1.165, 1.54) is 10.9 Å². The van der Waals surface area contributed by atoms with Crippen molar-refractivity contribution in [1.82, 2.24) is 19.4 Å². The van der Waals surface area contributed by atoms with E-state index in [9.17, 15) is 19.2 Å². The summed E-state index contributed by atoms with van der Waals surface area (Å²) in [6, 6.07) is 14.6. The molecule has 2 aromatic heterocycles. The van der Waals surface area contributed by atoms with Crippen molar-refractivity contribution in [1.29, 1.82) is 0 Å². The van der Waals surface area contributed by atoms with E-state index in [1.807, 2.05) is 6.07 Å². The van der Waals surface area contributed by atoms with Crippen molar-refractivity contribution in [3.05, 3.63) is 88.0 Å². The molecular formula is C21H13N5O4. The molecule has 5 rings (SSSR count). The van der Waals surface area contributed by atoms with Crippen LogP contribution in [0.1, 0.15) is 31.1 Å². The highest BCUT2D eigenvalue weighted by atomic mass is 16.2. The van der Waals surface area contributed by atoms with Gasteiger partial charge in [-0.1, -0.05) is 24.3 Å². The smallest absolute Gasteiger partial charge is 0.265 e. The molecule has 0 unspecified atom stereocenters. The largest absolute Gasteiger partial charge is 0.384 e. The predicted molar refractivity (Wildman–Crippen MR) is 108 cm³/mol. The number of hydrogen-bond acceptors (Lipinski definition) is 6. The van der Waals surface area contributed by atoms with Crippen LogP contribution in [0.3, 0.4) is 0 Å². The number of amides is 2. The molecule has 0 saturated carbocycles.